The minimum absolute atomic E-state index is 0.131. The summed E-state index contributed by atoms with van der Waals surface area (Å²) in [6, 6.07) is 3.50. The third-order valence-corrected chi connectivity index (χ3v) is 6.50. The second kappa shape index (κ2) is 9.50. The number of anilines is 2. The first kappa shape index (κ1) is 23.6. The number of fused-ring (bicyclic) bond motifs is 1. The Balaban J connectivity index is 1.32. The SMILES string of the molecule is Cc1ncc(NC(=O)CN2CCC[C@@H]2C)cc1NC(=O)c1cnc2[nH]c(-c3cnn(C)c3)c(F)c2c1. The molecule has 0 bridgehead atoms. The van der Waals surface area contributed by atoms with Crippen LogP contribution in [-0.2, 0) is 11.8 Å². The number of hydrogen-bond donors (Lipinski definition) is 3. The number of hydrogen-bond acceptors (Lipinski definition) is 6. The van der Waals surface area contributed by atoms with Gasteiger partial charge in [-0.25, -0.2) is 9.37 Å². The van der Waals surface area contributed by atoms with Crippen LogP contribution in [0.25, 0.3) is 22.3 Å². The van der Waals surface area contributed by atoms with Crippen molar-refractivity contribution < 1.29 is 14.0 Å². The van der Waals surface area contributed by atoms with Gasteiger partial charge in [0, 0.05) is 31.0 Å². The summed E-state index contributed by atoms with van der Waals surface area (Å²) in [7, 11) is 1.75. The van der Waals surface area contributed by atoms with Crippen LogP contribution in [0.3, 0.4) is 0 Å². The van der Waals surface area contributed by atoms with E-state index in [4.69, 9.17) is 0 Å². The molecule has 2 amide bonds. The normalized spacial score (nSPS) is 15.9. The quantitative estimate of drug-likeness (QED) is 0.381. The molecule has 36 heavy (non-hydrogen) atoms. The maximum absolute atomic E-state index is 15.1. The molecule has 1 aliphatic heterocycles. The zero-order valence-electron chi connectivity index (χ0n) is 20.3. The van der Waals surface area contributed by atoms with Gasteiger partial charge >= 0.3 is 0 Å². The Morgan fingerprint density at radius 3 is 2.75 bits per heavy atom. The molecule has 0 radical (unpaired) electrons. The van der Waals surface area contributed by atoms with Crippen LogP contribution in [0.15, 0.2) is 36.9 Å². The van der Waals surface area contributed by atoms with E-state index in [9.17, 15) is 9.59 Å². The maximum atomic E-state index is 15.1. The van der Waals surface area contributed by atoms with Gasteiger partial charge in [-0.05, 0) is 45.4 Å². The third-order valence-electron chi connectivity index (χ3n) is 6.50. The lowest BCUT2D eigenvalue weighted by Crippen LogP contribution is -2.35. The van der Waals surface area contributed by atoms with Crippen LogP contribution in [0, 0.1) is 12.7 Å². The molecule has 1 fully saturated rings. The summed E-state index contributed by atoms with van der Waals surface area (Å²) >= 11 is 0. The molecule has 5 rings (SSSR count). The molecule has 0 aliphatic carbocycles. The van der Waals surface area contributed by atoms with Gasteiger partial charge in [0.05, 0.1) is 52.7 Å². The molecule has 1 atom stereocenters. The van der Waals surface area contributed by atoms with Crippen molar-refractivity contribution in [1.82, 2.24) is 29.6 Å². The number of aromatic nitrogens is 5. The summed E-state index contributed by atoms with van der Waals surface area (Å²) in [5, 5.41) is 9.92. The molecule has 0 saturated carbocycles. The fourth-order valence-corrected chi connectivity index (χ4v) is 4.45. The third kappa shape index (κ3) is 4.69. The molecule has 3 N–H and O–H groups in total. The van der Waals surface area contributed by atoms with E-state index in [-0.39, 0.29) is 22.6 Å². The van der Waals surface area contributed by atoms with Gasteiger partial charge in [0.2, 0.25) is 5.91 Å². The summed E-state index contributed by atoms with van der Waals surface area (Å²) in [5.41, 5.74) is 2.87. The number of likely N-dealkylation sites (tertiary alicyclic amines) is 1. The van der Waals surface area contributed by atoms with Crippen LogP contribution in [0.5, 0.6) is 0 Å². The van der Waals surface area contributed by atoms with Crippen LogP contribution in [0.2, 0.25) is 0 Å². The summed E-state index contributed by atoms with van der Waals surface area (Å²) in [5.74, 6) is -1.10. The molecular weight excluding hydrogens is 463 g/mol. The zero-order valence-corrected chi connectivity index (χ0v) is 20.3. The molecule has 0 spiro atoms. The number of halogens is 1. The minimum atomic E-state index is -0.505. The number of pyridine rings is 2. The Morgan fingerprint density at radius 1 is 1.19 bits per heavy atom. The molecule has 10 nitrogen and oxygen atoms in total. The number of aromatic amines is 1. The largest absolute Gasteiger partial charge is 0.337 e. The van der Waals surface area contributed by atoms with Crippen LogP contribution in [0.4, 0.5) is 15.8 Å². The first-order valence-corrected chi connectivity index (χ1v) is 11.8. The van der Waals surface area contributed by atoms with E-state index < -0.39 is 11.7 Å². The van der Waals surface area contributed by atoms with Gasteiger partial charge in [0.1, 0.15) is 5.65 Å². The fraction of sp³-hybridized carbons (Fsp3) is 0.320. The predicted octanol–water partition coefficient (Wildman–Crippen LogP) is 3.48. The van der Waals surface area contributed by atoms with Crippen molar-refractivity contribution >= 4 is 34.2 Å². The monoisotopic (exact) mass is 490 g/mol. The van der Waals surface area contributed by atoms with Gasteiger partial charge in [0.15, 0.2) is 5.82 Å². The van der Waals surface area contributed by atoms with E-state index in [1.165, 1.54) is 12.3 Å². The lowest BCUT2D eigenvalue weighted by Gasteiger charge is -2.20. The highest BCUT2D eigenvalue weighted by Gasteiger charge is 2.22. The summed E-state index contributed by atoms with van der Waals surface area (Å²) in [6.45, 7) is 5.09. The van der Waals surface area contributed by atoms with Crippen molar-refractivity contribution in [2.45, 2.75) is 32.7 Å². The minimum Gasteiger partial charge on any atom is -0.337 e. The van der Waals surface area contributed by atoms with E-state index in [2.05, 4.69) is 42.5 Å². The second-order valence-electron chi connectivity index (χ2n) is 9.16. The standard InChI is InChI=1S/C25H27FN8O2/c1-14-5-4-6-34(14)13-21(35)30-18-8-20(15(2)27-11-18)31-25(36)16-7-19-22(26)23(32-24(19)28-9-16)17-10-29-33(3)12-17/h7-12,14H,4-6,13H2,1-3H3,(H,28,32)(H,30,35)(H,31,36)/t14-/m0/s1. The molecule has 4 aromatic heterocycles. The molecule has 1 aliphatic rings. The smallest absolute Gasteiger partial charge is 0.257 e. The average Bonchev–Trinajstić information content (AvgIpc) is 3.55. The Hall–Kier alpha value is -4.12. The van der Waals surface area contributed by atoms with Crippen LogP contribution in [0.1, 0.15) is 35.8 Å². The molecule has 1 saturated heterocycles. The van der Waals surface area contributed by atoms with Gasteiger partial charge in [-0.15, -0.1) is 0 Å². The summed E-state index contributed by atoms with van der Waals surface area (Å²) < 4.78 is 16.7. The second-order valence-corrected chi connectivity index (χ2v) is 9.16. The van der Waals surface area contributed by atoms with Gasteiger partial charge in [0.25, 0.3) is 5.91 Å². The maximum Gasteiger partial charge on any atom is 0.257 e. The average molecular weight is 491 g/mol. The number of nitrogens with one attached hydrogen (secondary N) is 3. The van der Waals surface area contributed by atoms with Crippen molar-refractivity contribution in [2.75, 3.05) is 23.7 Å². The Morgan fingerprint density at radius 2 is 2.03 bits per heavy atom. The van der Waals surface area contributed by atoms with Gasteiger partial charge in [-0.1, -0.05) is 0 Å². The molecule has 4 aromatic rings. The topological polar surface area (TPSA) is 121 Å². The molecule has 0 aromatic carbocycles. The number of amides is 2. The highest BCUT2D eigenvalue weighted by atomic mass is 19.1. The van der Waals surface area contributed by atoms with Crippen molar-refractivity contribution in [3.8, 4) is 11.3 Å². The summed E-state index contributed by atoms with van der Waals surface area (Å²) in [6.07, 6.45) is 8.36. The van der Waals surface area contributed by atoms with E-state index in [0.717, 1.165) is 19.4 Å². The van der Waals surface area contributed by atoms with Crippen LogP contribution in [-0.4, -0.2) is 60.6 Å². The Labute approximate surface area is 206 Å². The van der Waals surface area contributed by atoms with E-state index in [1.54, 1.807) is 43.3 Å². The van der Waals surface area contributed by atoms with Crippen molar-refractivity contribution in [1.29, 1.82) is 0 Å². The van der Waals surface area contributed by atoms with Crippen molar-refractivity contribution in [3.63, 3.8) is 0 Å². The van der Waals surface area contributed by atoms with E-state index in [1.807, 2.05) is 0 Å². The van der Waals surface area contributed by atoms with Crippen LogP contribution >= 0.6 is 0 Å². The predicted molar refractivity (Wildman–Crippen MR) is 134 cm³/mol. The van der Waals surface area contributed by atoms with E-state index >= 15 is 4.39 Å². The molecule has 0 unspecified atom stereocenters. The molecule has 5 heterocycles. The number of rotatable bonds is 6. The fourth-order valence-electron chi connectivity index (χ4n) is 4.45. The summed E-state index contributed by atoms with van der Waals surface area (Å²) in [4.78, 5) is 39.1. The van der Waals surface area contributed by atoms with E-state index in [0.29, 0.717) is 40.9 Å². The van der Waals surface area contributed by atoms with Gasteiger partial charge in [-0.3, -0.25) is 24.2 Å². The number of carbonyl (C=O) groups excluding carboxylic acids is 2. The number of carbonyl (C=O) groups is 2. The highest BCUT2D eigenvalue weighted by Crippen LogP contribution is 2.28. The Kier molecular flexibility index (Phi) is 6.23. The van der Waals surface area contributed by atoms with Gasteiger partial charge < -0.3 is 15.6 Å². The zero-order chi connectivity index (χ0) is 25.4. The lowest BCUT2D eigenvalue weighted by atomic mass is 10.2. The van der Waals surface area contributed by atoms with Crippen LogP contribution < -0.4 is 10.6 Å². The lowest BCUT2D eigenvalue weighted by molar-refractivity contribution is -0.117. The number of aryl methyl sites for hydroxylation is 2. The molecule has 186 valence electrons. The first-order valence-electron chi connectivity index (χ1n) is 11.8. The Bertz CT molecular complexity index is 1460. The number of nitrogens with zero attached hydrogens (tertiary/aromatic N) is 5. The van der Waals surface area contributed by atoms with Crippen molar-refractivity contribution in [3.05, 3.63) is 54.0 Å². The first-order chi connectivity index (χ1) is 17.3. The van der Waals surface area contributed by atoms with Crippen molar-refractivity contribution in [2.24, 2.45) is 7.05 Å². The van der Waals surface area contributed by atoms with Gasteiger partial charge in [-0.2, -0.15) is 5.10 Å². The highest BCUT2D eigenvalue weighted by molar-refractivity contribution is 6.06. The molecular formula is C25H27FN8O2. The number of H-pyrrole nitrogens is 1. The molecule has 11 heteroatoms.